The van der Waals surface area contributed by atoms with Crippen LogP contribution in [0.2, 0.25) is 0 Å². The van der Waals surface area contributed by atoms with E-state index in [0.29, 0.717) is 0 Å². The standard InChI is InChI=1S/C10H19N3/c1-2-11-10-12-6-9-13-7-4-3-5-8-13/h2-9H2,1H3. The molecule has 0 aliphatic carbocycles. The van der Waals surface area contributed by atoms with E-state index < -0.39 is 0 Å². The number of likely N-dealkylation sites (tertiary alicyclic amines) is 1. The molecule has 0 saturated carbocycles. The molecule has 74 valence electrons. The largest absolute Gasteiger partial charge is 0.301 e. The van der Waals surface area contributed by atoms with Gasteiger partial charge >= 0.3 is 0 Å². The Morgan fingerprint density at radius 1 is 1.15 bits per heavy atom. The van der Waals surface area contributed by atoms with Crippen LogP contribution < -0.4 is 0 Å². The van der Waals surface area contributed by atoms with Gasteiger partial charge in [-0.25, -0.2) is 9.98 Å². The number of hydrogen-bond donors (Lipinski definition) is 0. The minimum Gasteiger partial charge on any atom is -0.301 e. The summed E-state index contributed by atoms with van der Waals surface area (Å²) in [6.07, 6.45) is 4.11. The van der Waals surface area contributed by atoms with Gasteiger partial charge in [-0.1, -0.05) is 6.42 Å². The second-order valence-electron chi connectivity index (χ2n) is 3.36. The van der Waals surface area contributed by atoms with E-state index in [1.807, 2.05) is 6.92 Å². The minimum atomic E-state index is 0.785. The Hall–Kier alpha value is -0.660. The van der Waals surface area contributed by atoms with Crippen LogP contribution in [0.15, 0.2) is 9.98 Å². The van der Waals surface area contributed by atoms with Gasteiger partial charge in [-0.15, -0.1) is 0 Å². The molecule has 3 nitrogen and oxygen atoms in total. The lowest BCUT2D eigenvalue weighted by Gasteiger charge is -2.25. The van der Waals surface area contributed by atoms with Gasteiger partial charge in [0.1, 0.15) is 0 Å². The van der Waals surface area contributed by atoms with Gasteiger partial charge in [-0.05, 0) is 32.9 Å². The van der Waals surface area contributed by atoms with E-state index in [4.69, 9.17) is 0 Å². The first-order chi connectivity index (χ1) is 6.43. The van der Waals surface area contributed by atoms with Crippen molar-refractivity contribution in [3.63, 3.8) is 0 Å². The van der Waals surface area contributed by atoms with Crippen LogP contribution >= 0.6 is 0 Å². The SMILES string of the molecule is CCN=C=NCCN1CCCCC1. The third kappa shape index (κ3) is 4.81. The zero-order valence-electron chi connectivity index (χ0n) is 8.50. The first kappa shape index (κ1) is 10.4. The van der Waals surface area contributed by atoms with Gasteiger partial charge in [0.25, 0.3) is 0 Å². The Kier molecular flexibility index (Phi) is 5.46. The molecule has 0 aromatic rings. The summed E-state index contributed by atoms with van der Waals surface area (Å²) in [6, 6.07) is 2.70. The van der Waals surface area contributed by atoms with Crippen LogP contribution in [0.1, 0.15) is 26.2 Å². The van der Waals surface area contributed by atoms with Crippen LogP contribution in [0.3, 0.4) is 0 Å². The Morgan fingerprint density at radius 2 is 1.92 bits per heavy atom. The summed E-state index contributed by atoms with van der Waals surface area (Å²) in [4.78, 5) is 10.5. The molecule has 1 aliphatic rings. The van der Waals surface area contributed by atoms with Crippen LogP contribution in [0.25, 0.3) is 0 Å². The zero-order valence-corrected chi connectivity index (χ0v) is 8.50. The molecule has 1 aliphatic heterocycles. The summed E-state index contributed by atoms with van der Waals surface area (Å²) in [5.74, 6) is 0. The first-order valence-electron chi connectivity index (χ1n) is 5.24. The Morgan fingerprint density at radius 3 is 2.62 bits per heavy atom. The Labute approximate surface area is 80.6 Å². The van der Waals surface area contributed by atoms with Gasteiger partial charge in [0.05, 0.1) is 12.6 Å². The minimum absolute atomic E-state index is 0.785. The van der Waals surface area contributed by atoms with Gasteiger partial charge in [0.2, 0.25) is 0 Å². The summed E-state index contributed by atoms with van der Waals surface area (Å²) in [7, 11) is 0. The van der Waals surface area contributed by atoms with Crippen molar-refractivity contribution in [1.82, 2.24) is 4.90 Å². The van der Waals surface area contributed by atoms with Crippen molar-refractivity contribution in [3.8, 4) is 0 Å². The predicted octanol–water partition coefficient (Wildman–Crippen LogP) is 1.67. The topological polar surface area (TPSA) is 28.0 Å². The smallest absolute Gasteiger partial charge is 0.0892 e. The maximum atomic E-state index is 4.10. The molecule has 1 heterocycles. The zero-order chi connectivity index (χ0) is 9.36. The lowest BCUT2D eigenvalue weighted by molar-refractivity contribution is 0.235. The van der Waals surface area contributed by atoms with E-state index in [1.54, 1.807) is 0 Å². The van der Waals surface area contributed by atoms with Crippen LogP contribution in [0.5, 0.6) is 0 Å². The first-order valence-corrected chi connectivity index (χ1v) is 5.24. The highest BCUT2D eigenvalue weighted by molar-refractivity contribution is 5.40. The molecule has 0 aromatic carbocycles. The molecule has 0 bridgehead atoms. The van der Waals surface area contributed by atoms with Crippen molar-refractivity contribution in [2.75, 3.05) is 32.7 Å². The number of piperidine rings is 1. The van der Waals surface area contributed by atoms with E-state index in [0.717, 1.165) is 19.6 Å². The van der Waals surface area contributed by atoms with Crippen molar-refractivity contribution < 1.29 is 0 Å². The molecule has 0 amide bonds. The Bertz CT molecular complexity index is 177. The van der Waals surface area contributed by atoms with E-state index in [-0.39, 0.29) is 0 Å². The molecule has 13 heavy (non-hydrogen) atoms. The summed E-state index contributed by atoms with van der Waals surface area (Å²) < 4.78 is 0. The third-order valence-corrected chi connectivity index (χ3v) is 2.28. The average molecular weight is 181 g/mol. The molecule has 1 rings (SSSR count). The van der Waals surface area contributed by atoms with Crippen molar-refractivity contribution in [3.05, 3.63) is 0 Å². The molecule has 0 radical (unpaired) electrons. The van der Waals surface area contributed by atoms with Crippen molar-refractivity contribution in [1.29, 1.82) is 0 Å². The number of hydrogen-bond acceptors (Lipinski definition) is 3. The van der Waals surface area contributed by atoms with Gasteiger partial charge in [-0.3, -0.25) is 0 Å². The Balaban J connectivity index is 2.07. The molecule has 0 N–H and O–H groups in total. The second-order valence-corrected chi connectivity index (χ2v) is 3.36. The normalized spacial score (nSPS) is 17.9. The molecule has 0 unspecified atom stereocenters. The molecular formula is C10H19N3. The highest BCUT2D eigenvalue weighted by Gasteiger charge is 2.07. The molecule has 1 fully saturated rings. The van der Waals surface area contributed by atoms with Crippen molar-refractivity contribution in [2.24, 2.45) is 9.98 Å². The highest BCUT2D eigenvalue weighted by Crippen LogP contribution is 2.07. The fraction of sp³-hybridized carbons (Fsp3) is 0.900. The van der Waals surface area contributed by atoms with Crippen molar-refractivity contribution in [2.45, 2.75) is 26.2 Å². The quantitative estimate of drug-likeness (QED) is 0.606. The predicted molar refractivity (Wildman–Crippen MR) is 55.6 cm³/mol. The molecular weight excluding hydrogens is 162 g/mol. The lowest BCUT2D eigenvalue weighted by atomic mass is 10.1. The highest BCUT2D eigenvalue weighted by atomic mass is 15.1. The summed E-state index contributed by atoms with van der Waals surface area (Å²) in [5, 5.41) is 0. The summed E-state index contributed by atoms with van der Waals surface area (Å²) in [5.41, 5.74) is 0. The second kappa shape index (κ2) is 6.81. The molecule has 1 saturated heterocycles. The fourth-order valence-corrected chi connectivity index (χ4v) is 1.55. The van der Waals surface area contributed by atoms with Crippen LogP contribution in [-0.4, -0.2) is 43.6 Å². The molecule has 3 heteroatoms. The van der Waals surface area contributed by atoms with E-state index in [2.05, 4.69) is 20.9 Å². The average Bonchev–Trinajstić information content (AvgIpc) is 2.19. The van der Waals surface area contributed by atoms with E-state index in [9.17, 15) is 0 Å². The number of aliphatic imine (C=N–C) groups is 2. The van der Waals surface area contributed by atoms with Crippen molar-refractivity contribution >= 4 is 6.01 Å². The maximum absolute atomic E-state index is 4.10. The van der Waals surface area contributed by atoms with Gasteiger partial charge < -0.3 is 4.90 Å². The van der Waals surface area contributed by atoms with Gasteiger partial charge in [-0.2, -0.15) is 0 Å². The summed E-state index contributed by atoms with van der Waals surface area (Å²) in [6.45, 7) is 7.21. The number of rotatable bonds is 4. The molecule has 0 atom stereocenters. The summed E-state index contributed by atoms with van der Waals surface area (Å²) >= 11 is 0. The molecule has 0 aromatic heterocycles. The fourth-order valence-electron chi connectivity index (χ4n) is 1.55. The monoisotopic (exact) mass is 181 g/mol. The van der Waals surface area contributed by atoms with Gasteiger partial charge in [0, 0.05) is 13.1 Å². The molecule has 0 spiro atoms. The van der Waals surface area contributed by atoms with Crippen LogP contribution in [0, 0.1) is 0 Å². The van der Waals surface area contributed by atoms with Crippen LogP contribution in [-0.2, 0) is 0 Å². The third-order valence-electron chi connectivity index (χ3n) is 2.28. The van der Waals surface area contributed by atoms with Crippen LogP contribution in [0.4, 0.5) is 0 Å². The van der Waals surface area contributed by atoms with Gasteiger partial charge in [0.15, 0.2) is 0 Å². The maximum Gasteiger partial charge on any atom is 0.0892 e. The lowest BCUT2D eigenvalue weighted by Crippen LogP contribution is -2.31. The number of nitrogens with zero attached hydrogens (tertiary/aromatic N) is 3. The van der Waals surface area contributed by atoms with E-state index >= 15 is 0 Å². The van der Waals surface area contributed by atoms with E-state index in [1.165, 1.54) is 32.4 Å².